The van der Waals surface area contributed by atoms with Crippen LogP contribution in [-0.4, -0.2) is 123 Å². The van der Waals surface area contributed by atoms with Gasteiger partial charge in [0.1, 0.15) is 18.1 Å². The zero-order valence-corrected chi connectivity index (χ0v) is 33.9. The highest BCUT2D eigenvalue weighted by Gasteiger charge is 2.30. The molecule has 22 heteroatoms. The number of nitrogens with zero attached hydrogens (tertiary/aromatic N) is 10. The summed E-state index contributed by atoms with van der Waals surface area (Å²) >= 11 is 0. The van der Waals surface area contributed by atoms with Gasteiger partial charge in [-0.05, 0) is 72.8 Å². The first kappa shape index (κ1) is 41.2. The molecule has 0 spiro atoms. The van der Waals surface area contributed by atoms with Crippen LogP contribution >= 0.6 is 0 Å². The lowest BCUT2D eigenvalue weighted by atomic mass is 10.1. The molecule has 0 unspecified atom stereocenters. The summed E-state index contributed by atoms with van der Waals surface area (Å²) in [7, 11) is 0. The van der Waals surface area contributed by atoms with Crippen molar-refractivity contribution in [2.45, 2.75) is 57.0 Å². The van der Waals surface area contributed by atoms with Crippen molar-refractivity contribution in [3.63, 3.8) is 0 Å². The molecule has 3 amide bonds. The molecular weight excluding hydrogens is 831 g/mol. The van der Waals surface area contributed by atoms with E-state index in [0.717, 1.165) is 0 Å². The summed E-state index contributed by atoms with van der Waals surface area (Å²) in [6.07, 6.45) is 6.58. The molecule has 326 valence electrons. The lowest BCUT2D eigenvalue weighted by molar-refractivity contribution is -0.140. The summed E-state index contributed by atoms with van der Waals surface area (Å²) in [5.41, 5.74) is 4.92. The van der Waals surface area contributed by atoms with Gasteiger partial charge in [-0.3, -0.25) is 19.3 Å². The van der Waals surface area contributed by atoms with Crippen LogP contribution in [0, 0.1) is 0 Å². The highest BCUT2D eigenvalue weighted by molar-refractivity contribution is 5.98. The van der Waals surface area contributed by atoms with Crippen molar-refractivity contribution in [3.05, 3.63) is 125 Å². The third-order valence-electron chi connectivity index (χ3n) is 10.7. The van der Waals surface area contributed by atoms with E-state index in [4.69, 9.17) is 14.2 Å². The number of esters is 3. The molecule has 3 aromatic heterocycles. The van der Waals surface area contributed by atoms with E-state index in [1.807, 2.05) is 4.90 Å². The first-order valence-corrected chi connectivity index (χ1v) is 20.3. The molecule has 3 atom stereocenters. The number of ether oxygens (including phenoxy) is 3. The molecule has 22 nitrogen and oxygen atoms in total. The monoisotopic (exact) mass is 869 g/mol. The van der Waals surface area contributed by atoms with Crippen molar-refractivity contribution in [2.75, 3.05) is 19.8 Å². The van der Waals surface area contributed by atoms with Crippen LogP contribution in [0.2, 0.25) is 0 Å². The molecule has 3 saturated heterocycles. The Labute approximate surface area is 362 Å². The average molecular weight is 870 g/mol. The SMILES string of the molecule is O=C(N[C@H]1CCOC1=O)c1ccc(-n2cc(CN(Cc3cn(-c4ccc(C(=O)N[C@H]5CCOC5=O)cc4)nn3)Cc3cn(-c4ccc(C(=O)N[C@H]5CCOC5=O)cc4)nn3)nn2)cc1. The maximum atomic E-state index is 12.7. The Morgan fingerprint density at radius 1 is 0.484 bits per heavy atom. The molecule has 3 aliphatic heterocycles. The first-order valence-electron chi connectivity index (χ1n) is 20.3. The minimum Gasteiger partial charge on any atom is -0.464 e. The quantitative estimate of drug-likeness (QED) is 0.0951. The number of aromatic nitrogens is 9. The predicted molar refractivity (Wildman–Crippen MR) is 218 cm³/mol. The molecule has 64 heavy (non-hydrogen) atoms. The molecule has 9 rings (SSSR count). The van der Waals surface area contributed by atoms with Gasteiger partial charge in [-0.15, -0.1) is 15.3 Å². The Balaban J connectivity index is 0.892. The van der Waals surface area contributed by atoms with Crippen molar-refractivity contribution in [2.24, 2.45) is 0 Å². The third-order valence-corrected chi connectivity index (χ3v) is 10.7. The van der Waals surface area contributed by atoms with Gasteiger partial charge in [0.05, 0.1) is 72.6 Å². The number of cyclic esters (lactones) is 3. The van der Waals surface area contributed by atoms with Gasteiger partial charge in [-0.25, -0.2) is 28.4 Å². The van der Waals surface area contributed by atoms with Crippen molar-refractivity contribution >= 4 is 35.6 Å². The molecule has 0 radical (unpaired) electrons. The van der Waals surface area contributed by atoms with Crippen molar-refractivity contribution in [1.29, 1.82) is 0 Å². The second-order valence-electron chi connectivity index (χ2n) is 15.2. The standard InChI is InChI=1S/C42H39N13O9/c56-37(43-34-13-16-62-40(34)59)25-1-7-31(8-2-25)53-22-28(46-49-53)19-52(20-29-23-54(50-47-29)32-9-3-26(4-10-32)38(57)44-35-14-17-63-41(35)60)21-30-24-55(51-48-30)33-11-5-27(6-12-33)39(58)45-36-15-18-64-42(36)61/h1-12,22-24,34-36H,13-21H2,(H,43,56)(H,44,57)(H,45,58)/t34-,35-,36-/m0/s1. The fourth-order valence-corrected chi connectivity index (χ4v) is 7.25. The second kappa shape index (κ2) is 18.1. The van der Waals surface area contributed by atoms with E-state index in [-0.39, 0.29) is 37.5 Å². The van der Waals surface area contributed by atoms with E-state index in [0.29, 0.717) is 89.7 Å². The predicted octanol–water partition coefficient (Wildman–Crippen LogP) is 0.767. The van der Waals surface area contributed by atoms with Crippen LogP contribution < -0.4 is 16.0 Å². The summed E-state index contributed by atoms with van der Waals surface area (Å²) in [4.78, 5) is 75.7. The molecule has 3 fully saturated rings. The Morgan fingerprint density at radius 2 is 0.766 bits per heavy atom. The van der Waals surface area contributed by atoms with Gasteiger partial charge in [0, 0.05) is 55.6 Å². The maximum absolute atomic E-state index is 12.7. The van der Waals surface area contributed by atoms with Crippen LogP contribution in [0.25, 0.3) is 17.1 Å². The van der Waals surface area contributed by atoms with E-state index < -0.39 is 36.0 Å². The van der Waals surface area contributed by atoms with Gasteiger partial charge in [-0.2, -0.15) is 0 Å². The highest BCUT2D eigenvalue weighted by atomic mass is 16.5. The van der Waals surface area contributed by atoms with E-state index in [1.165, 1.54) is 0 Å². The topological polar surface area (TPSA) is 262 Å². The van der Waals surface area contributed by atoms with Crippen LogP contribution in [-0.2, 0) is 48.2 Å². The minimum atomic E-state index is -0.668. The minimum absolute atomic E-state index is 0.274. The summed E-state index contributed by atoms with van der Waals surface area (Å²) in [5, 5.41) is 34.3. The average Bonchev–Trinajstić information content (AvgIpc) is 4.19. The maximum Gasteiger partial charge on any atom is 0.328 e. The molecule has 6 heterocycles. The van der Waals surface area contributed by atoms with Gasteiger partial charge in [-0.1, -0.05) is 15.6 Å². The lowest BCUT2D eigenvalue weighted by Gasteiger charge is -2.18. The van der Waals surface area contributed by atoms with Gasteiger partial charge in [0.2, 0.25) is 0 Å². The molecule has 3 aromatic carbocycles. The van der Waals surface area contributed by atoms with Crippen molar-refractivity contribution in [3.8, 4) is 17.1 Å². The van der Waals surface area contributed by atoms with Crippen LogP contribution in [0.3, 0.4) is 0 Å². The number of hydrogen-bond donors (Lipinski definition) is 3. The number of nitrogens with one attached hydrogen (secondary N) is 3. The van der Waals surface area contributed by atoms with E-state index in [2.05, 4.69) is 46.9 Å². The van der Waals surface area contributed by atoms with E-state index in [1.54, 1.807) is 105 Å². The number of carbonyl (C=O) groups excluding carboxylic acids is 6. The number of benzene rings is 3. The fraction of sp³-hybridized carbons (Fsp3) is 0.286. The van der Waals surface area contributed by atoms with Crippen LogP contribution in [0.15, 0.2) is 91.4 Å². The number of amides is 3. The summed E-state index contributed by atoms with van der Waals surface area (Å²) in [6.45, 7) is 1.72. The molecular formula is C42H39N13O9. The zero-order chi connectivity index (χ0) is 44.2. The summed E-state index contributed by atoms with van der Waals surface area (Å²) < 4.78 is 19.6. The Hall–Kier alpha value is -8.14. The normalized spacial score (nSPS) is 18.1. The Bertz CT molecular complexity index is 2420. The van der Waals surface area contributed by atoms with Gasteiger partial charge in [0.25, 0.3) is 17.7 Å². The lowest BCUT2D eigenvalue weighted by Crippen LogP contribution is -2.37. The van der Waals surface area contributed by atoms with Crippen LogP contribution in [0.4, 0.5) is 0 Å². The molecule has 0 aliphatic carbocycles. The number of carbonyl (C=O) groups is 6. The summed E-state index contributed by atoms with van der Waals surface area (Å²) in [6, 6.07) is 18.2. The van der Waals surface area contributed by atoms with E-state index in [9.17, 15) is 28.8 Å². The molecule has 3 N–H and O–H groups in total. The van der Waals surface area contributed by atoms with Crippen LogP contribution in [0.1, 0.15) is 67.4 Å². The fourth-order valence-electron chi connectivity index (χ4n) is 7.25. The first-order chi connectivity index (χ1) is 31.1. The Kier molecular flexibility index (Phi) is 11.6. The highest BCUT2D eigenvalue weighted by Crippen LogP contribution is 2.18. The van der Waals surface area contributed by atoms with Crippen molar-refractivity contribution < 1.29 is 43.0 Å². The third kappa shape index (κ3) is 9.35. The molecule has 0 saturated carbocycles. The molecule has 3 aliphatic rings. The Morgan fingerprint density at radius 3 is 1.02 bits per heavy atom. The van der Waals surface area contributed by atoms with Gasteiger partial charge >= 0.3 is 17.9 Å². The van der Waals surface area contributed by atoms with Gasteiger partial charge in [0.15, 0.2) is 0 Å². The second-order valence-corrected chi connectivity index (χ2v) is 15.2. The summed E-state index contributed by atoms with van der Waals surface area (Å²) in [5.74, 6) is -2.51. The number of rotatable bonds is 15. The van der Waals surface area contributed by atoms with Gasteiger partial charge < -0.3 is 30.2 Å². The largest absolute Gasteiger partial charge is 0.464 e. The van der Waals surface area contributed by atoms with E-state index >= 15 is 0 Å². The number of hydrogen-bond acceptors (Lipinski definition) is 16. The zero-order valence-electron chi connectivity index (χ0n) is 33.9. The van der Waals surface area contributed by atoms with Crippen LogP contribution in [0.5, 0.6) is 0 Å². The molecule has 6 aromatic rings. The molecule has 0 bridgehead atoms. The smallest absolute Gasteiger partial charge is 0.328 e. The van der Waals surface area contributed by atoms with Crippen molar-refractivity contribution in [1.82, 2.24) is 65.8 Å².